The monoisotopic (exact) mass is 234 g/mol. The second-order valence-corrected chi connectivity index (χ2v) is 4.42. The lowest BCUT2D eigenvalue weighted by molar-refractivity contribution is 0.0693. The first kappa shape index (κ1) is 11.4. The van der Waals surface area contributed by atoms with E-state index in [4.69, 9.17) is 5.11 Å². The fraction of sp³-hybridized carbons (Fsp3) is 0.333. The van der Waals surface area contributed by atoms with E-state index < -0.39 is 5.97 Å². The number of hydrogen-bond acceptors (Lipinski definition) is 3. The predicted octanol–water partition coefficient (Wildman–Crippen LogP) is 1.94. The third kappa shape index (κ3) is 2.08. The van der Waals surface area contributed by atoms with E-state index in [2.05, 4.69) is 4.98 Å². The van der Waals surface area contributed by atoms with Crippen LogP contribution in [-0.2, 0) is 6.42 Å². The number of fused-ring (bicyclic) bond motifs is 1. The van der Waals surface area contributed by atoms with E-state index in [-0.39, 0.29) is 11.4 Å². The molecule has 2 aromatic heterocycles. The molecule has 5 nitrogen and oxygen atoms in total. The molecular weight excluding hydrogens is 220 g/mol. The molecule has 2 rings (SSSR count). The molecule has 0 aromatic carbocycles. The van der Waals surface area contributed by atoms with Gasteiger partial charge in [-0.15, -0.1) is 0 Å². The SMILES string of the molecule is CC(C)Cc1nc(C(=O)O)c2cc(O)ccn12. The minimum atomic E-state index is -1.08. The van der Waals surface area contributed by atoms with Gasteiger partial charge in [-0.3, -0.25) is 0 Å². The number of rotatable bonds is 3. The Morgan fingerprint density at radius 1 is 1.53 bits per heavy atom. The van der Waals surface area contributed by atoms with Crippen LogP contribution in [0.2, 0.25) is 0 Å². The fourth-order valence-corrected chi connectivity index (χ4v) is 1.80. The Kier molecular flexibility index (Phi) is 2.75. The molecule has 0 aliphatic heterocycles. The van der Waals surface area contributed by atoms with E-state index >= 15 is 0 Å². The van der Waals surface area contributed by atoms with Crippen molar-refractivity contribution in [1.29, 1.82) is 0 Å². The summed E-state index contributed by atoms with van der Waals surface area (Å²) in [5, 5.41) is 18.5. The van der Waals surface area contributed by atoms with Crippen molar-refractivity contribution in [3.8, 4) is 5.75 Å². The van der Waals surface area contributed by atoms with Gasteiger partial charge in [0.1, 0.15) is 11.6 Å². The van der Waals surface area contributed by atoms with Crippen LogP contribution in [0, 0.1) is 5.92 Å². The number of imidazole rings is 1. The first-order valence-corrected chi connectivity index (χ1v) is 5.42. The molecule has 0 aliphatic carbocycles. The van der Waals surface area contributed by atoms with Crippen LogP contribution in [-0.4, -0.2) is 25.6 Å². The average Bonchev–Trinajstić information content (AvgIpc) is 2.55. The second kappa shape index (κ2) is 4.08. The van der Waals surface area contributed by atoms with Crippen molar-refractivity contribution in [3.05, 3.63) is 29.8 Å². The summed E-state index contributed by atoms with van der Waals surface area (Å²) < 4.78 is 1.71. The summed E-state index contributed by atoms with van der Waals surface area (Å²) in [6.45, 7) is 4.09. The molecule has 0 aliphatic rings. The molecule has 0 spiro atoms. The minimum absolute atomic E-state index is 0.0171. The summed E-state index contributed by atoms with van der Waals surface area (Å²) in [6.07, 6.45) is 2.33. The highest BCUT2D eigenvalue weighted by atomic mass is 16.4. The molecule has 0 amide bonds. The Balaban J connectivity index is 2.66. The number of aromatic hydroxyl groups is 1. The van der Waals surface area contributed by atoms with Gasteiger partial charge in [0, 0.05) is 18.7 Å². The first-order chi connectivity index (χ1) is 7.99. The van der Waals surface area contributed by atoms with Crippen LogP contribution in [0.4, 0.5) is 0 Å². The normalized spacial score (nSPS) is 11.2. The zero-order valence-corrected chi connectivity index (χ0v) is 9.71. The van der Waals surface area contributed by atoms with Gasteiger partial charge in [-0.2, -0.15) is 0 Å². The molecule has 0 unspecified atom stereocenters. The van der Waals surface area contributed by atoms with Crippen LogP contribution >= 0.6 is 0 Å². The molecule has 0 saturated heterocycles. The van der Waals surface area contributed by atoms with Gasteiger partial charge < -0.3 is 14.6 Å². The van der Waals surface area contributed by atoms with E-state index in [1.54, 1.807) is 10.6 Å². The maximum atomic E-state index is 11.1. The van der Waals surface area contributed by atoms with Crippen LogP contribution in [0.1, 0.15) is 30.2 Å². The smallest absolute Gasteiger partial charge is 0.356 e. The summed E-state index contributed by atoms with van der Waals surface area (Å²) in [6, 6.07) is 2.93. The average molecular weight is 234 g/mol. The Hall–Kier alpha value is -2.04. The largest absolute Gasteiger partial charge is 0.508 e. The quantitative estimate of drug-likeness (QED) is 0.851. The summed E-state index contributed by atoms with van der Waals surface area (Å²) in [5.41, 5.74) is 0.407. The molecule has 2 aromatic rings. The maximum Gasteiger partial charge on any atom is 0.356 e. The standard InChI is InChI=1S/C12H14N2O3/c1-7(2)5-10-13-11(12(16)17)9-6-8(15)3-4-14(9)10/h3-4,6-7,15H,5H2,1-2H3,(H,16,17). The van der Waals surface area contributed by atoms with Crippen LogP contribution in [0.25, 0.3) is 5.52 Å². The third-order valence-corrected chi connectivity index (χ3v) is 2.49. The number of carboxylic acids is 1. The van der Waals surface area contributed by atoms with Crippen molar-refractivity contribution in [3.63, 3.8) is 0 Å². The van der Waals surface area contributed by atoms with Crippen molar-refractivity contribution < 1.29 is 15.0 Å². The maximum absolute atomic E-state index is 11.1. The van der Waals surface area contributed by atoms with Crippen molar-refractivity contribution >= 4 is 11.5 Å². The molecule has 0 bridgehead atoms. The van der Waals surface area contributed by atoms with Crippen molar-refractivity contribution in [1.82, 2.24) is 9.38 Å². The summed E-state index contributed by atoms with van der Waals surface area (Å²) >= 11 is 0. The van der Waals surface area contributed by atoms with E-state index in [1.807, 2.05) is 13.8 Å². The van der Waals surface area contributed by atoms with E-state index in [0.29, 0.717) is 23.7 Å². The van der Waals surface area contributed by atoms with Gasteiger partial charge in [0.25, 0.3) is 0 Å². The van der Waals surface area contributed by atoms with Gasteiger partial charge in [-0.05, 0) is 12.0 Å². The van der Waals surface area contributed by atoms with Crippen LogP contribution in [0.3, 0.4) is 0 Å². The number of aromatic carboxylic acids is 1. The second-order valence-electron chi connectivity index (χ2n) is 4.42. The molecule has 0 radical (unpaired) electrons. The van der Waals surface area contributed by atoms with Gasteiger partial charge in [-0.25, -0.2) is 9.78 Å². The Labute approximate surface area is 98.3 Å². The Morgan fingerprint density at radius 3 is 2.82 bits per heavy atom. The zero-order valence-electron chi connectivity index (χ0n) is 9.71. The molecule has 90 valence electrons. The molecule has 5 heteroatoms. The molecular formula is C12H14N2O3. The summed E-state index contributed by atoms with van der Waals surface area (Å²) in [4.78, 5) is 15.2. The Morgan fingerprint density at radius 2 is 2.24 bits per heavy atom. The lowest BCUT2D eigenvalue weighted by Gasteiger charge is -2.03. The highest BCUT2D eigenvalue weighted by molar-refractivity contribution is 5.94. The molecule has 2 heterocycles. The third-order valence-electron chi connectivity index (χ3n) is 2.49. The van der Waals surface area contributed by atoms with Gasteiger partial charge >= 0.3 is 5.97 Å². The lowest BCUT2D eigenvalue weighted by Crippen LogP contribution is -2.00. The number of nitrogens with zero attached hydrogens (tertiary/aromatic N) is 2. The van der Waals surface area contributed by atoms with E-state index in [1.165, 1.54) is 12.1 Å². The number of carboxylic acid groups (broad SMARTS) is 1. The summed E-state index contributed by atoms with van der Waals surface area (Å²) in [7, 11) is 0. The van der Waals surface area contributed by atoms with Crippen LogP contribution in [0.5, 0.6) is 5.75 Å². The number of pyridine rings is 1. The van der Waals surface area contributed by atoms with Gasteiger partial charge in [0.15, 0.2) is 5.69 Å². The minimum Gasteiger partial charge on any atom is -0.508 e. The number of hydrogen-bond donors (Lipinski definition) is 2. The number of carbonyl (C=O) groups is 1. The van der Waals surface area contributed by atoms with E-state index in [0.717, 1.165) is 0 Å². The summed E-state index contributed by atoms with van der Waals surface area (Å²) in [5.74, 6) is 0.0440. The molecule has 17 heavy (non-hydrogen) atoms. The fourth-order valence-electron chi connectivity index (χ4n) is 1.80. The highest BCUT2D eigenvalue weighted by Crippen LogP contribution is 2.20. The van der Waals surface area contributed by atoms with Crippen molar-refractivity contribution in [2.45, 2.75) is 20.3 Å². The van der Waals surface area contributed by atoms with Crippen molar-refractivity contribution in [2.24, 2.45) is 5.92 Å². The predicted molar refractivity (Wildman–Crippen MR) is 62.4 cm³/mol. The van der Waals surface area contributed by atoms with Gasteiger partial charge in [0.05, 0.1) is 5.52 Å². The van der Waals surface area contributed by atoms with Gasteiger partial charge in [-0.1, -0.05) is 13.8 Å². The first-order valence-electron chi connectivity index (χ1n) is 5.42. The lowest BCUT2D eigenvalue weighted by atomic mass is 10.1. The topological polar surface area (TPSA) is 74.8 Å². The molecule has 2 N–H and O–H groups in total. The molecule has 0 saturated carbocycles. The van der Waals surface area contributed by atoms with Crippen molar-refractivity contribution in [2.75, 3.05) is 0 Å². The van der Waals surface area contributed by atoms with Crippen LogP contribution < -0.4 is 0 Å². The molecule has 0 atom stereocenters. The van der Waals surface area contributed by atoms with Crippen LogP contribution in [0.15, 0.2) is 18.3 Å². The zero-order chi connectivity index (χ0) is 12.6. The Bertz CT molecular complexity index is 572. The number of aromatic nitrogens is 2. The van der Waals surface area contributed by atoms with E-state index in [9.17, 15) is 9.90 Å². The van der Waals surface area contributed by atoms with Gasteiger partial charge in [0.2, 0.25) is 0 Å². The highest BCUT2D eigenvalue weighted by Gasteiger charge is 2.17. The molecule has 0 fully saturated rings.